The molecule has 0 spiro atoms. The molecule has 6 nitrogen and oxygen atoms in total. The Kier molecular flexibility index (Phi) is 4.19. The third-order valence-corrected chi connectivity index (χ3v) is 4.45. The van der Waals surface area contributed by atoms with Gasteiger partial charge >= 0.3 is 0 Å². The lowest BCUT2D eigenvalue weighted by atomic mass is 10.1. The summed E-state index contributed by atoms with van der Waals surface area (Å²) in [6, 6.07) is 9.78. The van der Waals surface area contributed by atoms with Crippen LogP contribution in [0.25, 0.3) is 11.3 Å². The van der Waals surface area contributed by atoms with E-state index in [9.17, 15) is 0 Å². The molecule has 1 aliphatic heterocycles. The summed E-state index contributed by atoms with van der Waals surface area (Å²) < 4.78 is 10.7. The van der Waals surface area contributed by atoms with Crippen LogP contribution in [0.15, 0.2) is 41.1 Å². The highest BCUT2D eigenvalue weighted by atomic mass is 16.5. The number of ether oxygens (including phenoxy) is 1. The summed E-state index contributed by atoms with van der Waals surface area (Å²) in [7, 11) is 1.66. The van der Waals surface area contributed by atoms with E-state index in [-0.39, 0.29) is 0 Å². The quantitative estimate of drug-likeness (QED) is 0.730. The van der Waals surface area contributed by atoms with Crippen molar-refractivity contribution in [2.24, 2.45) is 0 Å². The molecule has 0 amide bonds. The molecule has 0 saturated heterocycles. The molecule has 2 aromatic heterocycles. The highest BCUT2D eigenvalue weighted by molar-refractivity contribution is 5.58. The lowest BCUT2D eigenvalue weighted by Crippen LogP contribution is -2.31. The minimum atomic E-state index is 0.757. The van der Waals surface area contributed by atoms with Gasteiger partial charge in [0, 0.05) is 55.1 Å². The monoisotopic (exact) mass is 336 g/mol. The first kappa shape index (κ1) is 15.8. The minimum absolute atomic E-state index is 0.757. The fraction of sp³-hybridized carbons (Fsp3) is 0.316. The highest BCUT2D eigenvalue weighted by Gasteiger charge is 2.19. The maximum absolute atomic E-state index is 5.51. The van der Waals surface area contributed by atoms with Crippen LogP contribution in [0.1, 0.15) is 22.8 Å². The number of hydrogen-bond acceptors (Lipinski definition) is 6. The van der Waals surface area contributed by atoms with Crippen LogP contribution in [0, 0.1) is 6.92 Å². The van der Waals surface area contributed by atoms with E-state index in [1.54, 1.807) is 7.11 Å². The zero-order valence-corrected chi connectivity index (χ0v) is 14.4. The Morgan fingerprint density at radius 3 is 2.88 bits per heavy atom. The van der Waals surface area contributed by atoms with E-state index in [0.717, 1.165) is 54.6 Å². The van der Waals surface area contributed by atoms with E-state index in [1.807, 2.05) is 43.5 Å². The van der Waals surface area contributed by atoms with Crippen LogP contribution in [0.3, 0.4) is 0 Å². The van der Waals surface area contributed by atoms with Crippen LogP contribution in [0.4, 0.5) is 0 Å². The van der Waals surface area contributed by atoms with Crippen LogP contribution in [-0.2, 0) is 19.5 Å². The topological polar surface area (TPSA) is 64.3 Å². The predicted octanol–water partition coefficient (Wildman–Crippen LogP) is 3.01. The fourth-order valence-electron chi connectivity index (χ4n) is 3.12. The average Bonchev–Trinajstić information content (AvgIpc) is 3.10. The van der Waals surface area contributed by atoms with Crippen LogP contribution >= 0.6 is 0 Å². The molecule has 0 radical (unpaired) electrons. The number of methoxy groups -OCH3 is 1. The summed E-state index contributed by atoms with van der Waals surface area (Å²) in [6.07, 6.45) is 2.89. The van der Waals surface area contributed by atoms with Crippen molar-refractivity contribution in [2.45, 2.75) is 26.4 Å². The smallest absolute Gasteiger partial charge is 0.167 e. The molecule has 0 saturated carbocycles. The Morgan fingerprint density at radius 2 is 2.08 bits per heavy atom. The lowest BCUT2D eigenvalue weighted by molar-refractivity contribution is 0.235. The molecule has 0 N–H and O–H groups in total. The summed E-state index contributed by atoms with van der Waals surface area (Å²) in [4.78, 5) is 11.2. The van der Waals surface area contributed by atoms with Gasteiger partial charge in [-0.25, -0.2) is 9.97 Å². The van der Waals surface area contributed by atoms with Crippen molar-refractivity contribution in [2.75, 3.05) is 13.7 Å². The molecule has 0 atom stereocenters. The SMILES string of the molecule is COc1ccc(-c2cc(CN3CCc4nc(C)ncc4C3)no2)cc1. The number of fused-ring (bicyclic) bond motifs is 1. The molecular weight excluding hydrogens is 316 g/mol. The first-order valence-corrected chi connectivity index (χ1v) is 8.35. The van der Waals surface area contributed by atoms with Gasteiger partial charge < -0.3 is 9.26 Å². The Bertz CT molecular complexity index is 873. The number of hydrogen-bond donors (Lipinski definition) is 0. The van der Waals surface area contributed by atoms with E-state index in [0.29, 0.717) is 0 Å². The molecule has 3 heterocycles. The van der Waals surface area contributed by atoms with Gasteiger partial charge in [-0.1, -0.05) is 5.16 Å². The van der Waals surface area contributed by atoms with Gasteiger partial charge in [-0.2, -0.15) is 0 Å². The molecule has 1 aromatic carbocycles. The van der Waals surface area contributed by atoms with Gasteiger partial charge in [0.1, 0.15) is 11.6 Å². The fourth-order valence-corrected chi connectivity index (χ4v) is 3.12. The van der Waals surface area contributed by atoms with Gasteiger partial charge in [0.15, 0.2) is 5.76 Å². The van der Waals surface area contributed by atoms with Crippen molar-refractivity contribution in [1.29, 1.82) is 0 Å². The van der Waals surface area contributed by atoms with Crippen molar-refractivity contribution in [3.8, 4) is 17.1 Å². The maximum atomic E-state index is 5.51. The summed E-state index contributed by atoms with van der Waals surface area (Å²) in [6.45, 7) is 4.50. The van der Waals surface area contributed by atoms with Crippen LogP contribution < -0.4 is 4.74 Å². The predicted molar refractivity (Wildman–Crippen MR) is 93.1 cm³/mol. The molecule has 128 valence electrons. The first-order chi connectivity index (χ1) is 12.2. The first-order valence-electron chi connectivity index (χ1n) is 8.35. The number of aryl methyl sites for hydroxylation is 1. The Morgan fingerprint density at radius 1 is 1.24 bits per heavy atom. The van der Waals surface area contributed by atoms with Crippen molar-refractivity contribution in [3.63, 3.8) is 0 Å². The third kappa shape index (κ3) is 3.39. The molecule has 0 fully saturated rings. The van der Waals surface area contributed by atoms with Gasteiger partial charge in [0.2, 0.25) is 0 Å². The average molecular weight is 336 g/mol. The molecule has 4 rings (SSSR count). The van der Waals surface area contributed by atoms with E-state index in [2.05, 4.69) is 20.0 Å². The Hall–Kier alpha value is -2.73. The number of benzene rings is 1. The summed E-state index contributed by atoms with van der Waals surface area (Å²) in [5.41, 5.74) is 4.30. The molecule has 0 aliphatic carbocycles. The molecule has 25 heavy (non-hydrogen) atoms. The van der Waals surface area contributed by atoms with Crippen molar-refractivity contribution in [1.82, 2.24) is 20.0 Å². The Balaban J connectivity index is 1.45. The van der Waals surface area contributed by atoms with Gasteiger partial charge in [0.05, 0.1) is 12.8 Å². The van der Waals surface area contributed by atoms with Crippen molar-refractivity contribution < 1.29 is 9.26 Å². The largest absolute Gasteiger partial charge is 0.497 e. The highest BCUT2D eigenvalue weighted by Crippen LogP contribution is 2.24. The zero-order valence-electron chi connectivity index (χ0n) is 14.4. The number of aromatic nitrogens is 3. The second kappa shape index (κ2) is 6.64. The van der Waals surface area contributed by atoms with E-state index in [4.69, 9.17) is 9.26 Å². The molecule has 0 bridgehead atoms. The maximum Gasteiger partial charge on any atom is 0.167 e. The van der Waals surface area contributed by atoms with E-state index < -0.39 is 0 Å². The van der Waals surface area contributed by atoms with Gasteiger partial charge in [0.25, 0.3) is 0 Å². The standard InChI is InChI=1S/C19H20N4O2/c1-13-20-10-15-11-23(8-7-18(15)21-13)12-16-9-19(25-22-16)14-3-5-17(24-2)6-4-14/h3-6,9-10H,7-8,11-12H2,1-2H3. The lowest BCUT2D eigenvalue weighted by Gasteiger charge is -2.26. The normalized spacial score (nSPS) is 14.3. The molecule has 0 unspecified atom stereocenters. The number of nitrogens with zero attached hydrogens (tertiary/aromatic N) is 4. The third-order valence-electron chi connectivity index (χ3n) is 4.45. The molecular formula is C19H20N4O2. The van der Waals surface area contributed by atoms with Gasteiger partial charge in [-0.05, 0) is 31.2 Å². The van der Waals surface area contributed by atoms with E-state index in [1.165, 1.54) is 11.3 Å². The van der Waals surface area contributed by atoms with Gasteiger partial charge in [-0.3, -0.25) is 4.90 Å². The van der Waals surface area contributed by atoms with Crippen molar-refractivity contribution in [3.05, 3.63) is 59.3 Å². The van der Waals surface area contributed by atoms with Gasteiger partial charge in [-0.15, -0.1) is 0 Å². The van der Waals surface area contributed by atoms with Crippen LogP contribution in [0.5, 0.6) is 5.75 Å². The zero-order chi connectivity index (χ0) is 17.2. The second-order valence-corrected chi connectivity index (χ2v) is 6.26. The summed E-state index contributed by atoms with van der Waals surface area (Å²) >= 11 is 0. The van der Waals surface area contributed by atoms with E-state index >= 15 is 0 Å². The van der Waals surface area contributed by atoms with Crippen LogP contribution in [0.2, 0.25) is 0 Å². The van der Waals surface area contributed by atoms with Crippen molar-refractivity contribution >= 4 is 0 Å². The molecule has 1 aliphatic rings. The minimum Gasteiger partial charge on any atom is -0.497 e. The number of rotatable bonds is 4. The van der Waals surface area contributed by atoms with Crippen LogP contribution in [-0.4, -0.2) is 33.7 Å². The summed E-state index contributed by atoms with van der Waals surface area (Å²) in [5.74, 6) is 2.44. The molecule has 3 aromatic rings. The molecule has 6 heteroatoms. The second-order valence-electron chi connectivity index (χ2n) is 6.26. The Labute approximate surface area is 146 Å². The summed E-state index contributed by atoms with van der Waals surface area (Å²) in [5, 5.41) is 4.22.